The minimum absolute atomic E-state index is 0.154. The van der Waals surface area contributed by atoms with Crippen LogP contribution in [0.4, 0.5) is 5.82 Å². The number of carbonyl (C=O) groups excluding carboxylic acids is 1. The van der Waals surface area contributed by atoms with Crippen LogP contribution in [0.15, 0.2) is 24.3 Å². The van der Waals surface area contributed by atoms with Crippen LogP contribution in [-0.4, -0.2) is 15.7 Å². The zero-order valence-corrected chi connectivity index (χ0v) is 11.0. The van der Waals surface area contributed by atoms with E-state index in [0.29, 0.717) is 11.4 Å². The molecule has 1 heterocycles. The van der Waals surface area contributed by atoms with Gasteiger partial charge in [-0.3, -0.25) is 4.79 Å². The number of nitrogens with zero attached hydrogens (tertiary/aromatic N) is 2. The minimum Gasteiger partial charge on any atom is -0.383 e. The lowest BCUT2D eigenvalue weighted by Crippen LogP contribution is -2.17. The summed E-state index contributed by atoms with van der Waals surface area (Å²) in [6.45, 7) is 1.83. The molecule has 0 aliphatic heterocycles. The minimum atomic E-state index is -0.154. The van der Waals surface area contributed by atoms with Crippen molar-refractivity contribution in [3.63, 3.8) is 0 Å². The second-order valence-corrected chi connectivity index (χ2v) is 5.12. The van der Waals surface area contributed by atoms with Gasteiger partial charge in [0.15, 0.2) is 0 Å². The molecule has 3 rings (SSSR count). The molecule has 2 N–H and O–H groups in total. The third kappa shape index (κ3) is 2.14. The molecule has 2 aromatic rings. The summed E-state index contributed by atoms with van der Waals surface area (Å²) in [5.74, 6) is 0.235. The largest absolute Gasteiger partial charge is 0.383 e. The van der Waals surface area contributed by atoms with Crippen molar-refractivity contribution < 1.29 is 4.79 Å². The third-order valence-electron chi connectivity index (χ3n) is 3.65. The van der Waals surface area contributed by atoms with Gasteiger partial charge < -0.3 is 5.73 Å². The number of hydrogen-bond donors (Lipinski definition) is 1. The first-order valence-corrected chi connectivity index (χ1v) is 6.64. The molecule has 0 saturated carbocycles. The molecule has 19 heavy (non-hydrogen) atoms. The summed E-state index contributed by atoms with van der Waals surface area (Å²) in [7, 11) is 0. The number of carbonyl (C=O) groups is 1. The lowest BCUT2D eigenvalue weighted by molar-refractivity contribution is 0.0947. The molecule has 1 aromatic heterocycles. The van der Waals surface area contributed by atoms with E-state index in [1.165, 1.54) is 28.7 Å². The highest BCUT2D eigenvalue weighted by Crippen LogP contribution is 2.23. The highest BCUT2D eigenvalue weighted by atomic mass is 16.2. The van der Waals surface area contributed by atoms with Crippen LogP contribution in [0.5, 0.6) is 0 Å². The molecule has 0 bridgehead atoms. The van der Waals surface area contributed by atoms with Gasteiger partial charge in [-0.1, -0.05) is 6.07 Å². The number of rotatable bonds is 1. The van der Waals surface area contributed by atoms with Gasteiger partial charge >= 0.3 is 0 Å². The summed E-state index contributed by atoms with van der Waals surface area (Å²) in [4.78, 5) is 12.4. The molecule has 0 amide bonds. The Hall–Kier alpha value is -2.10. The normalized spacial score (nSPS) is 14.2. The maximum Gasteiger partial charge on any atom is 0.280 e. The monoisotopic (exact) mass is 255 g/mol. The van der Waals surface area contributed by atoms with E-state index in [1.54, 1.807) is 6.07 Å². The number of nitrogens with two attached hydrogens (primary N) is 1. The average molecular weight is 255 g/mol. The number of nitrogen functional groups attached to an aromatic ring is 1. The van der Waals surface area contributed by atoms with Crippen LogP contribution in [0.25, 0.3) is 0 Å². The maximum atomic E-state index is 12.4. The number of aryl methyl sites for hydroxylation is 3. The molecule has 0 spiro atoms. The Morgan fingerprint density at radius 3 is 2.63 bits per heavy atom. The fourth-order valence-electron chi connectivity index (χ4n) is 2.67. The van der Waals surface area contributed by atoms with Gasteiger partial charge in [0, 0.05) is 11.6 Å². The van der Waals surface area contributed by atoms with E-state index in [2.05, 4.69) is 11.2 Å². The molecule has 4 nitrogen and oxygen atoms in total. The van der Waals surface area contributed by atoms with Crippen LogP contribution < -0.4 is 5.73 Å². The standard InChI is InChI=1S/C15H17N3O/c1-10-8-14(16)18(17-10)15(19)13-7-6-11-4-2-3-5-12(11)9-13/h6-9H,2-5,16H2,1H3. The molecule has 4 heteroatoms. The predicted molar refractivity (Wildman–Crippen MR) is 74.2 cm³/mol. The van der Waals surface area contributed by atoms with E-state index in [4.69, 9.17) is 5.73 Å². The lowest BCUT2D eigenvalue weighted by Gasteiger charge is -2.16. The summed E-state index contributed by atoms with van der Waals surface area (Å²) in [6, 6.07) is 7.64. The quantitative estimate of drug-likeness (QED) is 0.850. The van der Waals surface area contributed by atoms with Crippen molar-refractivity contribution in [3.8, 4) is 0 Å². The second-order valence-electron chi connectivity index (χ2n) is 5.12. The first kappa shape index (κ1) is 12.0. The summed E-state index contributed by atoms with van der Waals surface area (Å²) >= 11 is 0. The zero-order chi connectivity index (χ0) is 13.4. The molecule has 0 saturated heterocycles. The summed E-state index contributed by atoms with van der Waals surface area (Å²) in [5, 5.41) is 4.14. The van der Waals surface area contributed by atoms with E-state index in [0.717, 1.165) is 18.5 Å². The van der Waals surface area contributed by atoms with Crippen molar-refractivity contribution in [3.05, 3.63) is 46.6 Å². The van der Waals surface area contributed by atoms with E-state index in [9.17, 15) is 4.79 Å². The number of fused-ring (bicyclic) bond motifs is 1. The zero-order valence-electron chi connectivity index (χ0n) is 11.0. The smallest absolute Gasteiger partial charge is 0.280 e. The van der Waals surface area contributed by atoms with Gasteiger partial charge in [-0.2, -0.15) is 9.78 Å². The number of hydrogen-bond acceptors (Lipinski definition) is 3. The van der Waals surface area contributed by atoms with E-state index in [1.807, 2.05) is 19.1 Å². The molecular formula is C15H17N3O. The van der Waals surface area contributed by atoms with Gasteiger partial charge in [-0.15, -0.1) is 0 Å². The van der Waals surface area contributed by atoms with Gasteiger partial charge in [0.05, 0.1) is 5.69 Å². The van der Waals surface area contributed by atoms with Crippen molar-refractivity contribution in [2.24, 2.45) is 0 Å². The van der Waals surface area contributed by atoms with Crippen LogP contribution in [0.3, 0.4) is 0 Å². The Morgan fingerprint density at radius 2 is 1.95 bits per heavy atom. The molecule has 0 fully saturated rings. The molecule has 98 valence electrons. The Morgan fingerprint density at radius 1 is 1.21 bits per heavy atom. The maximum absolute atomic E-state index is 12.4. The molecule has 0 radical (unpaired) electrons. The van der Waals surface area contributed by atoms with Gasteiger partial charge in [0.2, 0.25) is 0 Å². The predicted octanol–water partition coefficient (Wildman–Crippen LogP) is 2.34. The van der Waals surface area contributed by atoms with Gasteiger partial charge in [-0.05, 0) is 55.9 Å². The van der Waals surface area contributed by atoms with Crippen molar-refractivity contribution in [1.82, 2.24) is 9.78 Å². The molecule has 1 aliphatic carbocycles. The first-order chi connectivity index (χ1) is 9.15. The molecule has 0 unspecified atom stereocenters. The second kappa shape index (κ2) is 4.53. The third-order valence-corrected chi connectivity index (χ3v) is 3.65. The van der Waals surface area contributed by atoms with Crippen molar-refractivity contribution in [2.45, 2.75) is 32.6 Å². The van der Waals surface area contributed by atoms with E-state index in [-0.39, 0.29) is 5.91 Å². The topological polar surface area (TPSA) is 60.9 Å². The number of aromatic nitrogens is 2. The number of benzene rings is 1. The Balaban J connectivity index is 1.98. The first-order valence-electron chi connectivity index (χ1n) is 6.64. The highest BCUT2D eigenvalue weighted by Gasteiger charge is 2.16. The fraction of sp³-hybridized carbons (Fsp3) is 0.333. The van der Waals surface area contributed by atoms with Crippen LogP contribution in [0.1, 0.15) is 40.0 Å². The van der Waals surface area contributed by atoms with Crippen molar-refractivity contribution in [1.29, 1.82) is 0 Å². The summed E-state index contributed by atoms with van der Waals surface area (Å²) in [6.07, 6.45) is 4.62. The van der Waals surface area contributed by atoms with Gasteiger partial charge in [-0.25, -0.2) is 0 Å². The van der Waals surface area contributed by atoms with Crippen LogP contribution in [0, 0.1) is 6.92 Å². The van der Waals surface area contributed by atoms with Crippen LogP contribution >= 0.6 is 0 Å². The fourth-order valence-corrected chi connectivity index (χ4v) is 2.67. The average Bonchev–Trinajstić information content (AvgIpc) is 2.76. The summed E-state index contributed by atoms with van der Waals surface area (Å²) in [5.41, 5.74) is 9.87. The Kier molecular flexibility index (Phi) is 2.85. The lowest BCUT2D eigenvalue weighted by atomic mass is 9.90. The van der Waals surface area contributed by atoms with Gasteiger partial charge in [0.25, 0.3) is 5.91 Å². The van der Waals surface area contributed by atoms with Crippen molar-refractivity contribution >= 4 is 11.7 Å². The van der Waals surface area contributed by atoms with Crippen molar-refractivity contribution in [2.75, 3.05) is 5.73 Å². The summed E-state index contributed by atoms with van der Waals surface area (Å²) < 4.78 is 1.28. The van der Waals surface area contributed by atoms with Crippen LogP contribution in [0.2, 0.25) is 0 Å². The highest BCUT2D eigenvalue weighted by molar-refractivity contribution is 5.97. The molecule has 0 atom stereocenters. The SMILES string of the molecule is Cc1cc(N)n(C(=O)c2ccc3c(c2)CCCC3)n1. The van der Waals surface area contributed by atoms with E-state index < -0.39 is 0 Å². The van der Waals surface area contributed by atoms with Gasteiger partial charge in [0.1, 0.15) is 5.82 Å². The Bertz CT molecular complexity index is 643. The van der Waals surface area contributed by atoms with E-state index >= 15 is 0 Å². The van der Waals surface area contributed by atoms with Crippen LogP contribution in [-0.2, 0) is 12.8 Å². The Labute approximate surface area is 112 Å². The molecular weight excluding hydrogens is 238 g/mol. The number of anilines is 1. The molecule has 1 aliphatic rings. The molecule has 1 aromatic carbocycles.